The molecule has 0 spiro atoms. The molecule has 0 heterocycles. The fraction of sp³-hybridized carbons (Fsp3) is 0.200. The van der Waals surface area contributed by atoms with Crippen LogP contribution in [0.15, 0.2) is 24.3 Å². The maximum atomic E-state index is 10.8. The van der Waals surface area contributed by atoms with Gasteiger partial charge in [0.25, 0.3) is 0 Å². The van der Waals surface area contributed by atoms with Crippen LogP contribution in [0.3, 0.4) is 0 Å². The predicted molar refractivity (Wildman–Crippen MR) is 51.9 cm³/mol. The van der Waals surface area contributed by atoms with Gasteiger partial charge in [-0.2, -0.15) is 0 Å². The Kier molecular flexibility index (Phi) is 2.54. The molecule has 4 nitrogen and oxygen atoms in total. The van der Waals surface area contributed by atoms with Crippen LogP contribution in [-0.2, 0) is 10.3 Å². The van der Waals surface area contributed by atoms with Crippen LogP contribution in [0.1, 0.15) is 12.5 Å². The van der Waals surface area contributed by atoms with Gasteiger partial charge in [-0.1, -0.05) is 24.3 Å². The summed E-state index contributed by atoms with van der Waals surface area (Å²) in [4.78, 5) is 14.0. The Labute approximate surface area is 81.8 Å². The number of nitrogens with two attached hydrogens (primary N) is 1. The SMILES string of the molecule is [C-]#[N+]c1cccc([C@@](C)(N)C(=O)O)c1. The minimum Gasteiger partial charge on any atom is -0.480 e. The lowest BCUT2D eigenvalue weighted by molar-refractivity contribution is -0.143. The summed E-state index contributed by atoms with van der Waals surface area (Å²) in [6.07, 6.45) is 0. The molecule has 0 aliphatic carbocycles. The van der Waals surface area contributed by atoms with Crippen molar-refractivity contribution in [3.05, 3.63) is 41.2 Å². The van der Waals surface area contributed by atoms with Crippen molar-refractivity contribution in [2.45, 2.75) is 12.5 Å². The van der Waals surface area contributed by atoms with E-state index >= 15 is 0 Å². The second-order valence-electron chi connectivity index (χ2n) is 3.17. The topological polar surface area (TPSA) is 67.7 Å². The average molecular weight is 190 g/mol. The fourth-order valence-corrected chi connectivity index (χ4v) is 1.02. The van der Waals surface area contributed by atoms with Gasteiger partial charge in [-0.3, -0.25) is 0 Å². The third-order valence-electron chi connectivity index (χ3n) is 2.02. The molecule has 0 aromatic heterocycles. The summed E-state index contributed by atoms with van der Waals surface area (Å²) in [5.41, 5.74) is 4.98. The molecule has 1 aromatic carbocycles. The van der Waals surface area contributed by atoms with Crippen LogP contribution in [0.25, 0.3) is 4.85 Å². The lowest BCUT2D eigenvalue weighted by atomic mass is 9.93. The number of rotatable bonds is 2. The summed E-state index contributed by atoms with van der Waals surface area (Å²) < 4.78 is 0. The minimum absolute atomic E-state index is 0.389. The first-order valence-electron chi connectivity index (χ1n) is 3.98. The maximum absolute atomic E-state index is 10.8. The van der Waals surface area contributed by atoms with E-state index in [0.29, 0.717) is 11.3 Å². The van der Waals surface area contributed by atoms with Crippen molar-refractivity contribution < 1.29 is 9.90 Å². The molecule has 0 unspecified atom stereocenters. The zero-order valence-electron chi connectivity index (χ0n) is 7.69. The highest BCUT2D eigenvalue weighted by molar-refractivity contribution is 5.80. The number of hydrogen-bond acceptors (Lipinski definition) is 2. The van der Waals surface area contributed by atoms with E-state index in [9.17, 15) is 4.79 Å². The third-order valence-corrected chi connectivity index (χ3v) is 2.02. The van der Waals surface area contributed by atoms with Gasteiger partial charge >= 0.3 is 5.97 Å². The van der Waals surface area contributed by atoms with E-state index < -0.39 is 11.5 Å². The number of aliphatic carboxylic acids is 1. The zero-order chi connectivity index (χ0) is 10.8. The molecule has 14 heavy (non-hydrogen) atoms. The van der Waals surface area contributed by atoms with Gasteiger partial charge in [-0.05, 0) is 12.5 Å². The van der Waals surface area contributed by atoms with Crippen molar-refractivity contribution in [3.63, 3.8) is 0 Å². The molecular formula is C10H10N2O2. The molecule has 1 rings (SSSR count). The Morgan fingerprint density at radius 2 is 2.29 bits per heavy atom. The molecule has 3 N–H and O–H groups in total. The van der Waals surface area contributed by atoms with Gasteiger partial charge < -0.3 is 10.8 Å². The Hall–Kier alpha value is -1.86. The molecule has 0 amide bonds. The number of carboxylic acids is 1. The third kappa shape index (κ3) is 1.73. The molecule has 0 fully saturated rings. The number of nitrogens with zero attached hydrogens (tertiary/aromatic N) is 1. The van der Waals surface area contributed by atoms with Crippen molar-refractivity contribution in [2.75, 3.05) is 0 Å². The quantitative estimate of drug-likeness (QED) is 0.694. The maximum Gasteiger partial charge on any atom is 0.327 e. The molecular weight excluding hydrogens is 180 g/mol. The van der Waals surface area contributed by atoms with Crippen molar-refractivity contribution in [3.8, 4) is 0 Å². The molecule has 0 saturated heterocycles. The zero-order valence-corrected chi connectivity index (χ0v) is 7.69. The molecule has 1 aromatic rings. The Balaban J connectivity index is 3.21. The Morgan fingerprint density at radius 1 is 1.64 bits per heavy atom. The van der Waals surface area contributed by atoms with Gasteiger partial charge in [0.1, 0.15) is 5.54 Å². The van der Waals surface area contributed by atoms with Crippen LogP contribution in [0, 0.1) is 6.57 Å². The standard InChI is InChI=1S/C10H10N2O2/c1-10(11,9(13)14)7-4-3-5-8(6-7)12-2/h3-6H,11H2,1H3,(H,13,14)/t10-/m1/s1. The Bertz CT molecular complexity index is 405. The molecule has 0 radical (unpaired) electrons. The molecule has 0 saturated carbocycles. The van der Waals surface area contributed by atoms with Crippen molar-refractivity contribution in [2.24, 2.45) is 5.73 Å². The van der Waals surface area contributed by atoms with E-state index in [-0.39, 0.29) is 0 Å². The number of hydrogen-bond donors (Lipinski definition) is 2. The highest BCUT2D eigenvalue weighted by Crippen LogP contribution is 2.22. The highest BCUT2D eigenvalue weighted by atomic mass is 16.4. The molecule has 72 valence electrons. The summed E-state index contributed by atoms with van der Waals surface area (Å²) in [6.45, 7) is 8.19. The summed E-state index contributed by atoms with van der Waals surface area (Å²) in [5.74, 6) is -1.11. The van der Waals surface area contributed by atoms with E-state index in [4.69, 9.17) is 17.4 Å². The smallest absolute Gasteiger partial charge is 0.327 e. The number of carboxylic acid groups (broad SMARTS) is 1. The Morgan fingerprint density at radius 3 is 2.79 bits per heavy atom. The molecule has 4 heteroatoms. The summed E-state index contributed by atoms with van der Waals surface area (Å²) in [5, 5.41) is 8.86. The molecule has 1 atom stereocenters. The van der Waals surface area contributed by atoms with Crippen LogP contribution in [0.2, 0.25) is 0 Å². The fourth-order valence-electron chi connectivity index (χ4n) is 1.02. The van der Waals surface area contributed by atoms with Crippen LogP contribution < -0.4 is 5.73 Å². The minimum atomic E-state index is -1.44. The van der Waals surface area contributed by atoms with Gasteiger partial charge in [-0.25, -0.2) is 9.64 Å². The lowest BCUT2D eigenvalue weighted by Crippen LogP contribution is -2.41. The van der Waals surface area contributed by atoms with E-state index in [1.165, 1.54) is 13.0 Å². The van der Waals surface area contributed by atoms with Gasteiger partial charge in [-0.15, -0.1) is 0 Å². The second-order valence-corrected chi connectivity index (χ2v) is 3.17. The van der Waals surface area contributed by atoms with Gasteiger partial charge in [0.15, 0.2) is 5.69 Å². The van der Waals surface area contributed by atoms with Gasteiger partial charge in [0.05, 0.1) is 6.57 Å². The van der Waals surface area contributed by atoms with Crippen LogP contribution >= 0.6 is 0 Å². The van der Waals surface area contributed by atoms with Crippen LogP contribution in [0.5, 0.6) is 0 Å². The first kappa shape index (κ1) is 10.2. The van der Waals surface area contributed by atoms with Gasteiger partial charge in [0.2, 0.25) is 0 Å². The summed E-state index contributed by atoms with van der Waals surface area (Å²) in [7, 11) is 0. The van der Waals surface area contributed by atoms with Crippen molar-refractivity contribution >= 4 is 11.7 Å². The molecule has 0 aliphatic heterocycles. The monoisotopic (exact) mass is 190 g/mol. The lowest BCUT2D eigenvalue weighted by Gasteiger charge is -2.19. The van der Waals surface area contributed by atoms with E-state index in [2.05, 4.69) is 4.85 Å². The van der Waals surface area contributed by atoms with Crippen molar-refractivity contribution in [1.82, 2.24) is 0 Å². The largest absolute Gasteiger partial charge is 0.480 e. The molecule has 0 bridgehead atoms. The highest BCUT2D eigenvalue weighted by Gasteiger charge is 2.29. The average Bonchev–Trinajstić information content (AvgIpc) is 2.17. The summed E-state index contributed by atoms with van der Waals surface area (Å²) in [6, 6.07) is 6.31. The summed E-state index contributed by atoms with van der Waals surface area (Å²) >= 11 is 0. The van der Waals surface area contributed by atoms with E-state index in [1.54, 1.807) is 18.2 Å². The number of benzene rings is 1. The first-order chi connectivity index (χ1) is 6.48. The first-order valence-corrected chi connectivity index (χ1v) is 3.98. The van der Waals surface area contributed by atoms with Crippen molar-refractivity contribution in [1.29, 1.82) is 0 Å². The van der Waals surface area contributed by atoms with E-state index in [0.717, 1.165) is 0 Å². The number of carbonyl (C=O) groups is 1. The second kappa shape index (κ2) is 3.48. The van der Waals surface area contributed by atoms with Gasteiger partial charge in [0, 0.05) is 0 Å². The predicted octanol–water partition coefficient (Wildman–Crippen LogP) is 1.50. The van der Waals surface area contributed by atoms with Crippen LogP contribution in [-0.4, -0.2) is 11.1 Å². The normalized spacial score (nSPS) is 14.1. The van der Waals surface area contributed by atoms with E-state index in [1.807, 2.05) is 0 Å². The van der Waals surface area contributed by atoms with Crippen LogP contribution in [0.4, 0.5) is 5.69 Å². The molecule has 0 aliphatic rings.